The van der Waals surface area contributed by atoms with Crippen molar-refractivity contribution >= 4 is 5.69 Å². The van der Waals surface area contributed by atoms with Gasteiger partial charge in [0.05, 0.1) is 11.0 Å². The summed E-state index contributed by atoms with van der Waals surface area (Å²) in [7, 11) is 0. The minimum Gasteiger partial charge on any atom is -0.486 e. The Balaban J connectivity index is 2.23. The van der Waals surface area contributed by atoms with E-state index in [9.17, 15) is 18.9 Å². The van der Waals surface area contributed by atoms with Crippen LogP contribution in [0.5, 0.6) is 5.75 Å². The van der Waals surface area contributed by atoms with E-state index >= 15 is 0 Å². The van der Waals surface area contributed by atoms with Gasteiger partial charge in [-0.3, -0.25) is 10.1 Å². The zero-order valence-corrected chi connectivity index (χ0v) is 8.78. The van der Waals surface area contributed by atoms with Gasteiger partial charge in [-0.15, -0.1) is 0 Å². The number of nitro benzene ring substituents is 1. The molecule has 0 amide bonds. The normalized spacial score (nSPS) is 19.3. The largest absolute Gasteiger partial charge is 0.486 e. The van der Waals surface area contributed by atoms with E-state index in [1.165, 1.54) is 0 Å². The molecule has 1 aliphatic heterocycles. The van der Waals surface area contributed by atoms with E-state index in [0.717, 1.165) is 6.54 Å². The third-order valence-corrected chi connectivity index (χ3v) is 2.51. The molecular formula is C10H10F2N2O3. The second-order valence-electron chi connectivity index (χ2n) is 3.72. The van der Waals surface area contributed by atoms with Crippen molar-refractivity contribution in [2.45, 2.75) is 12.5 Å². The van der Waals surface area contributed by atoms with Gasteiger partial charge in [0, 0.05) is 12.6 Å². The molecule has 0 aromatic heterocycles. The van der Waals surface area contributed by atoms with Crippen molar-refractivity contribution in [3.8, 4) is 5.75 Å². The quantitative estimate of drug-likeness (QED) is 0.648. The summed E-state index contributed by atoms with van der Waals surface area (Å²) < 4.78 is 31.9. The molecule has 1 heterocycles. The molecule has 1 aromatic carbocycles. The number of nitrogens with one attached hydrogen (secondary N) is 1. The summed E-state index contributed by atoms with van der Waals surface area (Å²) in [5.74, 6) is -2.32. The summed E-state index contributed by atoms with van der Waals surface area (Å²) in [5.41, 5.74) is -0.889. The molecule has 1 N–H and O–H groups in total. The number of ether oxygens (including phenoxy) is 1. The van der Waals surface area contributed by atoms with E-state index < -0.39 is 22.2 Å². The molecular weight excluding hydrogens is 234 g/mol. The Morgan fingerprint density at radius 1 is 1.41 bits per heavy atom. The van der Waals surface area contributed by atoms with Gasteiger partial charge in [0.15, 0.2) is 11.6 Å². The van der Waals surface area contributed by atoms with Crippen LogP contribution in [-0.4, -0.2) is 24.1 Å². The van der Waals surface area contributed by atoms with Crippen LogP contribution in [0, 0.1) is 21.7 Å². The lowest BCUT2D eigenvalue weighted by molar-refractivity contribution is -0.387. The fraction of sp³-hybridized carbons (Fsp3) is 0.400. The number of nitro groups is 1. The standard InChI is InChI=1S/C10H10F2N2O3/c11-7-4-10(17-6-1-2-13-5-6)8(12)3-9(7)14(15)16/h3-4,6,13H,1-2,5H2. The molecule has 0 spiro atoms. The molecule has 17 heavy (non-hydrogen) atoms. The topological polar surface area (TPSA) is 64.4 Å². The molecule has 7 heteroatoms. The maximum absolute atomic E-state index is 13.4. The van der Waals surface area contributed by atoms with Crippen LogP contribution in [0.4, 0.5) is 14.5 Å². The van der Waals surface area contributed by atoms with Gasteiger partial charge in [0.1, 0.15) is 6.10 Å². The summed E-state index contributed by atoms with van der Waals surface area (Å²) in [5, 5.41) is 13.4. The molecule has 1 aliphatic rings. The van der Waals surface area contributed by atoms with Gasteiger partial charge >= 0.3 is 5.69 Å². The summed E-state index contributed by atoms with van der Waals surface area (Å²) in [6.07, 6.45) is 0.461. The lowest BCUT2D eigenvalue weighted by Gasteiger charge is -2.12. The first-order valence-corrected chi connectivity index (χ1v) is 5.08. The fourth-order valence-electron chi connectivity index (χ4n) is 1.66. The van der Waals surface area contributed by atoms with E-state index in [0.29, 0.717) is 25.1 Å². The summed E-state index contributed by atoms with van der Waals surface area (Å²) in [4.78, 5) is 9.41. The third-order valence-electron chi connectivity index (χ3n) is 2.51. The molecule has 1 saturated heterocycles. The van der Waals surface area contributed by atoms with E-state index in [4.69, 9.17) is 4.74 Å². The highest BCUT2D eigenvalue weighted by atomic mass is 19.1. The van der Waals surface area contributed by atoms with Gasteiger partial charge in [0.2, 0.25) is 5.82 Å². The molecule has 92 valence electrons. The Labute approximate surface area is 95.5 Å². The maximum Gasteiger partial charge on any atom is 0.307 e. The minimum atomic E-state index is -1.10. The van der Waals surface area contributed by atoms with Crippen LogP contribution in [0.1, 0.15) is 6.42 Å². The van der Waals surface area contributed by atoms with Crippen LogP contribution in [0.25, 0.3) is 0 Å². The van der Waals surface area contributed by atoms with Gasteiger partial charge in [0.25, 0.3) is 0 Å². The van der Waals surface area contributed by atoms with E-state index in [2.05, 4.69) is 5.32 Å². The van der Waals surface area contributed by atoms with Gasteiger partial charge in [-0.2, -0.15) is 4.39 Å². The Morgan fingerprint density at radius 2 is 2.18 bits per heavy atom. The average Bonchev–Trinajstić information content (AvgIpc) is 2.75. The van der Waals surface area contributed by atoms with Crippen molar-refractivity contribution in [1.29, 1.82) is 0 Å². The number of halogens is 2. The highest BCUT2D eigenvalue weighted by Gasteiger charge is 2.22. The van der Waals surface area contributed by atoms with Gasteiger partial charge in [-0.05, 0) is 13.0 Å². The Bertz CT molecular complexity index is 447. The zero-order valence-electron chi connectivity index (χ0n) is 8.78. The van der Waals surface area contributed by atoms with Crippen molar-refractivity contribution < 1.29 is 18.4 Å². The van der Waals surface area contributed by atoms with E-state index in [-0.39, 0.29) is 11.9 Å². The first-order valence-electron chi connectivity index (χ1n) is 5.08. The van der Waals surface area contributed by atoms with Crippen LogP contribution >= 0.6 is 0 Å². The molecule has 0 radical (unpaired) electrons. The summed E-state index contributed by atoms with van der Waals surface area (Å²) in [6, 6.07) is 1.25. The Kier molecular flexibility index (Phi) is 3.19. The number of rotatable bonds is 3. The van der Waals surface area contributed by atoms with Crippen molar-refractivity contribution in [1.82, 2.24) is 5.32 Å². The second-order valence-corrected chi connectivity index (χ2v) is 3.72. The monoisotopic (exact) mass is 244 g/mol. The molecule has 5 nitrogen and oxygen atoms in total. The summed E-state index contributed by atoms with van der Waals surface area (Å²) in [6.45, 7) is 1.31. The van der Waals surface area contributed by atoms with Gasteiger partial charge in [-0.25, -0.2) is 4.39 Å². The second kappa shape index (κ2) is 4.62. The van der Waals surface area contributed by atoms with Crippen LogP contribution in [0.3, 0.4) is 0 Å². The van der Waals surface area contributed by atoms with Crippen LogP contribution < -0.4 is 10.1 Å². The molecule has 0 aliphatic carbocycles. The van der Waals surface area contributed by atoms with E-state index in [1.54, 1.807) is 0 Å². The molecule has 1 fully saturated rings. The van der Waals surface area contributed by atoms with Crippen LogP contribution in [0.15, 0.2) is 12.1 Å². The first-order chi connectivity index (χ1) is 8.08. The lowest BCUT2D eigenvalue weighted by atomic mass is 10.2. The Hall–Kier alpha value is -1.76. The Morgan fingerprint density at radius 3 is 2.76 bits per heavy atom. The molecule has 1 aromatic rings. The van der Waals surface area contributed by atoms with Crippen molar-refractivity contribution in [2.75, 3.05) is 13.1 Å². The van der Waals surface area contributed by atoms with E-state index in [1.807, 2.05) is 0 Å². The van der Waals surface area contributed by atoms with Crippen molar-refractivity contribution in [3.63, 3.8) is 0 Å². The number of hydrogen-bond donors (Lipinski definition) is 1. The van der Waals surface area contributed by atoms with Crippen LogP contribution in [0.2, 0.25) is 0 Å². The highest BCUT2D eigenvalue weighted by molar-refractivity contribution is 5.39. The van der Waals surface area contributed by atoms with Gasteiger partial charge < -0.3 is 10.1 Å². The molecule has 0 saturated carbocycles. The predicted octanol–water partition coefficient (Wildman–Crippen LogP) is 1.61. The van der Waals surface area contributed by atoms with Gasteiger partial charge in [-0.1, -0.05) is 0 Å². The lowest BCUT2D eigenvalue weighted by Crippen LogP contribution is -2.20. The fourth-order valence-corrected chi connectivity index (χ4v) is 1.66. The van der Waals surface area contributed by atoms with Crippen molar-refractivity contribution in [2.24, 2.45) is 0 Å². The maximum atomic E-state index is 13.4. The minimum absolute atomic E-state index is 0.231. The summed E-state index contributed by atoms with van der Waals surface area (Å²) >= 11 is 0. The molecule has 1 atom stereocenters. The number of hydrogen-bond acceptors (Lipinski definition) is 4. The van der Waals surface area contributed by atoms with Crippen molar-refractivity contribution in [3.05, 3.63) is 33.9 Å². The molecule has 2 rings (SSSR count). The first kappa shape index (κ1) is 11.7. The predicted molar refractivity (Wildman–Crippen MR) is 54.9 cm³/mol. The third kappa shape index (κ3) is 2.50. The number of benzene rings is 1. The smallest absolute Gasteiger partial charge is 0.307 e. The molecule has 0 bridgehead atoms. The highest BCUT2D eigenvalue weighted by Crippen LogP contribution is 2.27. The molecule has 1 unspecified atom stereocenters. The number of nitrogens with zero attached hydrogens (tertiary/aromatic N) is 1. The SMILES string of the molecule is O=[N+]([O-])c1cc(F)c(OC2CCNC2)cc1F. The zero-order chi connectivity index (χ0) is 12.4. The van der Waals surface area contributed by atoms with Crippen LogP contribution in [-0.2, 0) is 0 Å². The average molecular weight is 244 g/mol.